The first-order valence-corrected chi connectivity index (χ1v) is 11.8. The molecule has 33 heavy (non-hydrogen) atoms. The highest BCUT2D eigenvalue weighted by Crippen LogP contribution is 2.65. The van der Waals surface area contributed by atoms with Gasteiger partial charge in [-0.15, -0.1) is 23.2 Å². The average molecular weight is 543 g/mol. The van der Waals surface area contributed by atoms with Gasteiger partial charge in [-0.1, -0.05) is 65.1 Å². The number of hydrogen-bond donors (Lipinski definition) is 2. The number of halogens is 5. The molecule has 9 heteroatoms. The number of benzene rings is 3. The Hall–Kier alpha value is -1.95. The minimum Gasteiger partial charge on any atom is -0.348 e. The molecule has 0 radical (unpaired) electrons. The topological polar surface area (TPSA) is 58.2 Å². The van der Waals surface area contributed by atoms with Crippen LogP contribution in [0.3, 0.4) is 0 Å². The second-order valence-electron chi connectivity index (χ2n) is 7.68. The second kappa shape index (κ2) is 9.73. The summed E-state index contributed by atoms with van der Waals surface area (Å²) in [6, 6.07) is 19.1. The summed E-state index contributed by atoms with van der Waals surface area (Å²) in [5, 5.41) is 6.71. The molecule has 0 saturated heterocycles. The third-order valence-corrected chi connectivity index (χ3v) is 7.06. The van der Waals surface area contributed by atoms with Gasteiger partial charge in [0, 0.05) is 28.2 Å². The molecule has 1 fully saturated rings. The minimum absolute atomic E-state index is 0.238. The zero-order chi connectivity index (χ0) is 23.8. The molecule has 2 N–H and O–H groups in total. The van der Waals surface area contributed by atoms with Gasteiger partial charge in [0.2, 0.25) is 5.91 Å². The molecule has 0 bridgehead atoms. The van der Waals surface area contributed by atoms with Crippen LogP contribution in [-0.2, 0) is 11.3 Å². The minimum atomic E-state index is -1.31. The molecule has 0 heterocycles. The summed E-state index contributed by atoms with van der Waals surface area (Å²) in [6.07, 6.45) is 0. The first-order valence-electron chi connectivity index (χ1n) is 9.93. The van der Waals surface area contributed by atoms with Gasteiger partial charge in [-0.25, -0.2) is 0 Å². The van der Waals surface area contributed by atoms with E-state index in [9.17, 15) is 9.59 Å². The van der Waals surface area contributed by atoms with Gasteiger partial charge in [0.15, 0.2) is 0 Å². The van der Waals surface area contributed by atoms with E-state index in [-0.39, 0.29) is 22.4 Å². The lowest BCUT2D eigenvalue weighted by molar-refractivity contribution is -0.117. The van der Waals surface area contributed by atoms with Crippen LogP contribution in [-0.4, -0.2) is 16.1 Å². The molecular formula is C24H17Cl5N2O2. The Labute approximate surface area is 216 Å². The van der Waals surface area contributed by atoms with Gasteiger partial charge in [0.25, 0.3) is 5.91 Å². The predicted molar refractivity (Wildman–Crippen MR) is 135 cm³/mol. The SMILES string of the molecule is O=C(NCc1ccccc1)c1cc(NC(=O)[C@H]2[C@H](c3cc(Cl)cc(Cl)c3)C2(Cl)Cl)ccc1Cl. The Bertz CT molecular complexity index is 1200. The number of alkyl halides is 2. The maximum absolute atomic E-state index is 12.9. The molecule has 2 amide bonds. The van der Waals surface area contributed by atoms with Gasteiger partial charge < -0.3 is 10.6 Å². The fourth-order valence-corrected chi connectivity index (χ4v) is 5.27. The number of carbonyl (C=O) groups is 2. The summed E-state index contributed by atoms with van der Waals surface area (Å²) in [7, 11) is 0. The maximum Gasteiger partial charge on any atom is 0.253 e. The molecule has 4 rings (SSSR count). The average Bonchev–Trinajstić information content (AvgIpc) is 3.35. The van der Waals surface area contributed by atoms with Crippen LogP contribution in [0.1, 0.15) is 27.4 Å². The number of anilines is 1. The number of amides is 2. The van der Waals surface area contributed by atoms with Crippen molar-refractivity contribution in [3.63, 3.8) is 0 Å². The van der Waals surface area contributed by atoms with Gasteiger partial charge in [0.1, 0.15) is 4.33 Å². The van der Waals surface area contributed by atoms with Gasteiger partial charge in [-0.2, -0.15) is 0 Å². The van der Waals surface area contributed by atoms with Crippen LogP contribution in [0.2, 0.25) is 15.1 Å². The maximum atomic E-state index is 12.9. The van der Waals surface area contributed by atoms with Crippen LogP contribution >= 0.6 is 58.0 Å². The molecule has 0 unspecified atom stereocenters. The summed E-state index contributed by atoms with van der Waals surface area (Å²) < 4.78 is -1.31. The molecule has 170 valence electrons. The highest BCUT2D eigenvalue weighted by Gasteiger charge is 2.67. The highest BCUT2D eigenvalue weighted by molar-refractivity contribution is 6.53. The molecule has 3 aromatic rings. The van der Waals surface area contributed by atoms with E-state index in [1.54, 1.807) is 30.3 Å². The first-order chi connectivity index (χ1) is 15.7. The van der Waals surface area contributed by atoms with Crippen molar-refractivity contribution in [1.82, 2.24) is 5.32 Å². The van der Waals surface area contributed by atoms with Crippen LogP contribution in [0, 0.1) is 5.92 Å². The van der Waals surface area contributed by atoms with E-state index in [2.05, 4.69) is 10.6 Å². The molecule has 3 aromatic carbocycles. The Morgan fingerprint density at radius 3 is 2.21 bits per heavy atom. The van der Waals surface area contributed by atoms with Gasteiger partial charge in [0.05, 0.1) is 16.5 Å². The van der Waals surface area contributed by atoms with Crippen LogP contribution in [0.4, 0.5) is 5.69 Å². The lowest BCUT2D eigenvalue weighted by atomic mass is 10.1. The van der Waals surface area contributed by atoms with E-state index in [0.717, 1.165) is 5.56 Å². The zero-order valence-corrected chi connectivity index (χ0v) is 20.7. The number of rotatable bonds is 6. The van der Waals surface area contributed by atoms with Crippen molar-refractivity contribution in [2.24, 2.45) is 5.92 Å². The fraction of sp³-hybridized carbons (Fsp3) is 0.167. The van der Waals surface area contributed by atoms with Crippen molar-refractivity contribution in [2.75, 3.05) is 5.32 Å². The van der Waals surface area contributed by atoms with Gasteiger partial charge in [-0.05, 0) is 47.5 Å². The smallest absolute Gasteiger partial charge is 0.253 e. The Morgan fingerprint density at radius 2 is 1.55 bits per heavy atom. The quantitative estimate of drug-likeness (QED) is 0.326. The zero-order valence-electron chi connectivity index (χ0n) is 16.9. The van der Waals surface area contributed by atoms with Crippen molar-refractivity contribution in [3.05, 3.63) is 98.5 Å². The normalized spacial score (nSPS) is 18.5. The molecule has 2 atom stereocenters. The van der Waals surface area contributed by atoms with Crippen LogP contribution in [0.25, 0.3) is 0 Å². The van der Waals surface area contributed by atoms with Crippen molar-refractivity contribution >= 4 is 75.5 Å². The standard InChI is InChI=1S/C24H17Cl5N2O2/c25-15-8-14(9-16(26)10-15)20-21(24(20,28)29)23(33)31-17-6-7-19(27)18(11-17)22(32)30-12-13-4-2-1-3-5-13/h1-11,20-21H,12H2,(H,30,32)(H,31,33)/t20-,21+/m0/s1. The van der Waals surface area contributed by atoms with Gasteiger partial charge in [-0.3, -0.25) is 9.59 Å². The molecular weight excluding hydrogens is 526 g/mol. The molecule has 0 aromatic heterocycles. The number of hydrogen-bond acceptors (Lipinski definition) is 2. The summed E-state index contributed by atoms with van der Waals surface area (Å²) in [5.41, 5.74) is 2.26. The number of nitrogens with one attached hydrogen (secondary N) is 2. The monoisotopic (exact) mass is 540 g/mol. The summed E-state index contributed by atoms with van der Waals surface area (Å²) >= 11 is 31.2. The second-order valence-corrected chi connectivity index (χ2v) is 10.4. The largest absolute Gasteiger partial charge is 0.348 e. The molecule has 1 saturated carbocycles. The van der Waals surface area contributed by atoms with E-state index < -0.39 is 16.2 Å². The van der Waals surface area contributed by atoms with E-state index in [1.807, 2.05) is 30.3 Å². The molecule has 1 aliphatic rings. The third kappa shape index (κ3) is 5.42. The van der Waals surface area contributed by atoms with Crippen molar-refractivity contribution in [1.29, 1.82) is 0 Å². The van der Waals surface area contributed by atoms with Crippen LogP contribution in [0.5, 0.6) is 0 Å². The number of carbonyl (C=O) groups excluding carboxylic acids is 2. The highest BCUT2D eigenvalue weighted by atomic mass is 35.5. The van der Waals surface area contributed by atoms with E-state index in [0.29, 0.717) is 27.8 Å². The summed E-state index contributed by atoms with van der Waals surface area (Å²) in [4.78, 5) is 25.6. The van der Waals surface area contributed by atoms with Crippen molar-refractivity contribution < 1.29 is 9.59 Å². The van der Waals surface area contributed by atoms with Crippen LogP contribution < -0.4 is 10.6 Å². The van der Waals surface area contributed by atoms with Crippen molar-refractivity contribution in [2.45, 2.75) is 16.8 Å². The first kappa shape index (κ1) is 24.2. The predicted octanol–water partition coefficient (Wildman–Crippen LogP) is 7.10. The molecule has 0 aliphatic heterocycles. The lowest BCUT2D eigenvalue weighted by Gasteiger charge is -2.10. The summed E-state index contributed by atoms with van der Waals surface area (Å²) in [6.45, 7) is 0.347. The Balaban J connectivity index is 1.46. The van der Waals surface area contributed by atoms with E-state index in [4.69, 9.17) is 58.0 Å². The van der Waals surface area contributed by atoms with E-state index in [1.165, 1.54) is 6.07 Å². The van der Waals surface area contributed by atoms with Gasteiger partial charge >= 0.3 is 0 Å². The fourth-order valence-electron chi connectivity index (χ4n) is 3.69. The van der Waals surface area contributed by atoms with Crippen LogP contribution in [0.15, 0.2) is 66.7 Å². The Kier molecular flexibility index (Phi) is 7.13. The molecule has 1 aliphatic carbocycles. The molecule has 0 spiro atoms. The Morgan fingerprint density at radius 1 is 0.879 bits per heavy atom. The summed E-state index contributed by atoms with van der Waals surface area (Å²) in [5.74, 6) is -1.94. The third-order valence-electron chi connectivity index (χ3n) is 5.35. The van der Waals surface area contributed by atoms with E-state index >= 15 is 0 Å². The molecule has 4 nitrogen and oxygen atoms in total. The lowest BCUT2D eigenvalue weighted by Crippen LogP contribution is -2.23. The van der Waals surface area contributed by atoms with Crippen molar-refractivity contribution in [3.8, 4) is 0 Å².